The van der Waals surface area contributed by atoms with Gasteiger partial charge in [0.2, 0.25) is 0 Å². The smallest absolute Gasteiger partial charge is 0.328 e. The van der Waals surface area contributed by atoms with Gasteiger partial charge < -0.3 is 25.0 Å². The normalized spacial score (nSPS) is 27.1. The first-order valence-corrected chi connectivity index (χ1v) is 7.58. The second kappa shape index (κ2) is 7.09. The molecule has 2 amide bonds. The second-order valence-electron chi connectivity index (χ2n) is 6.05. The first kappa shape index (κ1) is 16.0. The Bertz CT molecular complexity index is 388. The van der Waals surface area contributed by atoms with Crippen LogP contribution in [-0.2, 0) is 9.53 Å². The lowest BCUT2D eigenvalue weighted by atomic mass is 10.1. The minimum atomic E-state index is -1.02. The highest BCUT2D eigenvalue weighted by molar-refractivity contribution is 5.83. The van der Waals surface area contributed by atoms with Crippen LogP contribution >= 0.6 is 0 Å². The van der Waals surface area contributed by atoms with Gasteiger partial charge in [-0.15, -0.1) is 0 Å². The van der Waals surface area contributed by atoms with E-state index in [2.05, 4.69) is 24.1 Å². The maximum Gasteiger partial charge on any atom is 0.328 e. The zero-order valence-electron chi connectivity index (χ0n) is 12.7. The van der Waals surface area contributed by atoms with Gasteiger partial charge in [0.15, 0.2) is 6.04 Å². The molecule has 120 valence electrons. The van der Waals surface area contributed by atoms with E-state index >= 15 is 0 Å². The van der Waals surface area contributed by atoms with Crippen molar-refractivity contribution in [2.45, 2.75) is 32.4 Å². The van der Waals surface area contributed by atoms with Gasteiger partial charge in [-0.3, -0.25) is 0 Å². The Morgan fingerprint density at radius 2 is 2.14 bits per heavy atom. The van der Waals surface area contributed by atoms with Gasteiger partial charge in [0, 0.05) is 25.7 Å². The maximum absolute atomic E-state index is 12.2. The number of urea groups is 1. The number of carbonyl (C=O) groups is 2. The molecule has 2 aliphatic heterocycles. The third-order valence-electron chi connectivity index (χ3n) is 4.26. The summed E-state index contributed by atoms with van der Waals surface area (Å²) in [5.74, 6) is -0.572. The standard InChI is InChI=1S/C14H25N3O4/c1-10(2)16-4-3-11(8-16)7-15-14(20)17-5-6-21-9-12(17)13(18)19/h10-12H,3-9H2,1-2H3,(H,15,20)(H,18,19). The molecule has 2 atom stereocenters. The van der Waals surface area contributed by atoms with E-state index in [1.54, 1.807) is 0 Å². The van der Waals surface area contributed by atoms with Crippen LogP contribution in [-0.4, -0.2) is 78.4 Å². The molecule has 0 spiro atoms. The van der Waals surface area contributed by atoms with Crippen LogP contribution in [0.1, 0.15) is 20.3 Å². The van der Waals surface area contributed by atoms with Crippen molar-refractivity contribution in [1.82, 2.24) is 15.1 Å². The largest absolute Gasteiger partial charge is 0.480 e. The van der Waals surface area contributed by atoms with Crippen molar-refractivity contribution in [1.29, 1.82) is 0 Å². The van der Waals surface area contributed by atoms with Crippen LogP contribution in [0.15, 0.2) is 0 Å². The van der Waals surface area contributed by atoms with E-state index in [9.17, 15) is 9.59 Å². The fourth-order valence-corrected chi connectivity index (χ4v) is 2.88. The van der Waals surface area contributed by atoms with E-state index in [0.717, 1.165) is 19.5 Å². The number of ether oxygens (including phenoxy) is 1. The summed E-state index contributed by atoms with van der Waals surface area (Å²) >= 11 is 0. The topological polar surface area (TPSA) is 82.1 Å². The predicted octanol–water partition coefficient (Wildman–Crippen LogP) is 0.212. The zero-order valence-corrected chi connectivity index (χ0v) is 12.7. The van der Waals surface area contributed by atoms with Gasteiger partial charge in [-0.1, -0.05) is 0 Å². The summed E-state index contributed by atoms with van der Waals surface area (Å²) in [6, 6.07) is -0.649. The van der Waals surface area contributed by atoms with Gasteiger partial charge in [0.25, 0.3) is 0 Å². The molecule has 0 aromatic rings. The molecule has 2 unspecified atom stereocenters. The number of amides is 2. The molecule has 2 saturated heterocycles. The second-order valence-corrected chi connectivity index (χ2v) is 6.05. The van der Waals surface area contributed by atoms with Gasteiger partial charge >= 0.3 is 12.0 Å². The number of carboxylic acid groups (broad SMARTS) is 1. The number of hydrogen-bond acceptors (Lipinski definition) is 4. The quantitative estimate of drug-likeness (QED) is 0.775. The van der Waals surface area contributed by atoms with Crippen molar-refractivity contribution in [3.63, 3.8) is 0 Å². The Morgan fingerprint density at radius 3 is 2.76 bits per heavy atom. The van der Waals surface area contributed by atoms with Crippen LogP contribution in [0.25, 0.3) is 0 Å². The average Bonchev–Trinajstić information content (AvgIpc) is 2.94. The van der Waals surface area contributed by atoms with E-state index in [1.165, 1.54) is 4.90 Å². The van der Waals surface area contributed by atoms with Gasteiger partial charge in [-0.25, -0.2) is 9.59 Å². The number of nitrogens with one attached hydrogen (secondary N) is 1. The summed E-state index contributed by atoms with van der Waals surface area (Å²) in [6.07, 6.45) is 1.07. The molecule has 7 nitrogen and oxygen atoms in total. The van der Waals surface area contributed by atoms with Gasteiger partial charge in [0.05, 0.1) is 13.2 Å². The lowest BCUT2D eigenvalue weighted by molar-refractivity contribution is -0.147. The number of likely N-dealkylation sites (tertiary alicyclic amines) is 1. The SMILES string of the molecule is CC(C)N1CCC(CNC(=O)N2CCOCC2C(=O)O)C1. The Hall–Kier alpha value is -1.34. The molecule has 2 N–H and O–H groups in total. The zero-order chi connectivity index (χ0) is 15.4. The Balaban J connectivity index is 1.80. The van der Waals surface area contributed by atoms with Crippen LogP contribution in [0.2, 0.25) is 0 Å². The van der Waals surface area contributed by atoms with Crippen LogP contribution in [0, 0.1) is 5.92 Å². The molecule has 0 saturated carbocycles. The van der Waals surface area contributed by atoms with Crippen molar-refractivity contribution in [2.24, 2.45) is 5.92 Å². The molecule has 0 aromatic carbocycles. The summed E-state index contributed by atoms with van der Waals surface area (Å²) in [4.78, 5) is 27.1. The summed E-state index contributed by atoms with van der Waals surface area (Å²) < 4.78 is 5.13. The number of hydrogen-bond donors (Lipinski definition) is 2. The molecular weight excluding hydrogens is 274 g/mol. The molecule has 0 radical (unpaired) electrons. The van der Waals surface area contributed by atoms with E-state index in [1.807, 2.05) is 0 Å². The molecule has 7 heteroatoms. The van der Waals surface area contributed by atoms with E-state index in [4.69, 9.17) is 9.84 Å². The fraction of sp³-hybridized carbons (Fsp3) is 0.857. The summed E-state index contributed by atoms with van der Waals surface area (Å²) in [7, 11) is 0. The number of carboxylic acids is 1. The Morgan fingerprint density at radius 1 is 1.38 bits per heavy atom. The van der Waals surface area contributed by atoms with Crippen LogP contribution < -0.4 is 5.32 Å². The number of nitrogens with zero attached hydrogens (tertiary/aromatic N) is 2. The Kier molecular flexibility index (Phi) is 5.41. The molecule has 2 aliphatic rings. The van der Waals surface area contributed by atoms with Crippen molar-refractivity contribution in [3.8, 4) is 0 Å². The summed E-state index contributed by atoms with van der Waals surface area (Å²) in [5.41, 5.74) is 0. The number of aliphatic carboxylic acids is 1. The summed E-state index contributed by atoms with van der Waals surface area (Å²) in [5, 5.41) is 12.0. The van der Waals surface area contributed by atoms with Gasteiger partial charge in [0.1, 0.15) is 0 Å². The molecular formula is C14H25N3O4. The monoisotopic (exact) mass is 299 g/mol. The van der Waals surface area contributed by atoms with Crippen molar-refractivity contribution >= 4 is 12.0 Å². The van der Waals surface area contributed by atoms with E-state index in [0.29, 0.717) is 31.7 Å². The third kappa shape index (κ3) is 4.07. The minimum Gasteiger partial charge on any atom is -0.480 e. The highest BCUT2D eigenvalue weighted by Gasteiger charge is 2.33. The van der Waals surface area contributed by atoms with Crippen LogP contribution in [0.5, 0.6) is 0 Å². The van der Waals surface area contributed by atoms with Gasteiger partial charge in [-0.2, -0.15) is 0 Å². The van der Waals surface area contributed by atoms with Gasteiger partial charge in [-0.05, 0) is 32.7 Å². The average molecular weight is 299 g/mol. The predicted molar refractivity (Wildman–Crippen MR) is 77.2 cm³/mol. The van der Waals surface area contributed by atoms with Crippen molar-refractivity contribution in [3.05, 3.63) is 0 Å². The van der Waals surface area contributed by atoms with Crippen LogP contribution in [0.3, 0.4) is 0 Å². The number of rotatable bonds is 4. The number of carbonyl (C=O) groups excluding carboxylic acids is 1. The lowest BCUT2D eigenvalue weighted by Gasteiger charge is -2.33. The van der Waals surface area contributed by atoms with E-state index in [-0.39, 0.29) is 12.6 Å². The highest BCUT2D eigenvalue weighted by atomic mass is 16.5. The molecule has 0 aromatic heterocycles. The summed E-state index contributed by atoms with van der Waals surface area (Å²) in [6.45, 7) is 7.78. The molecule has 0 aliphatic carbocycles. The molecule has 21 heavy (non-hydrogen) atoms. The first-order chi connectivity index (χ1) is 9.99. The fourth-order valence-electron chi connectivity index (χ4n) is 2.88. The highest BCUT2D eigenvalue weighted by Crippen LogP contribution is 2.18. The molecule has 2 heterocycles. The minimum absolute atomic E-state index is 0.0628. The lowest BCUT2D eigenvalue weighted by Crippen LogP contribution is -2.56. The molecule has 0 bridgehead atoms. The maximum atomic E-state index is 12.2. The molecule has 2 rings (SSSR count). The van der Waals surface area contributed by atoms with E-state index < -0.39 is 12.0 Å². The van der Waals surface area contributed by atoms with Crippen LogP contribution in [0.4, 0.5) is 4.79 Å². The molecule has 2 fully saturated rings. The third-order valence-corrected chi connectivity index (χ3v) is 4.26. The van der Waals surface area contributed by atoms with Crippen molar-refractivity contribution < 1.29 is 19.4 Å². The number of morpholine rings is 1. The Labute approximate surface area is 125 Å². The first-order valence-electron chi connectivity index (χ1n) is 7.58. The van der Waals surface area contributed by atoms with Crippen molar-refractivity contribution in [2.75, 3.05) is 39.4 Å².